The highest BCUT2D eigenvalue weighted by Crippen LogP contribution is 2.44. The number of ether oxygens (including phenoxy) is 1. The van der Waals surface area contributed by atoms with Gasteiger partial charge in [-0.1, -0.05) is 53.0 Å². The summed E-state index contributed by atoms with van der Waals surface area (Å²) >= 11 is 18.6. The number of nitrogens with one attached hydrogen (secondary N) is 1. The van der Waals surface area contributed by atoms with Crippen molar-refractivity contribution in [3.05, 3.63) is 104 Å². The number of H-pyrrole nitrogens is 1. The van der Waals surface area contributed by atoms with Gasteiger partial charge in [0.05, 0.1) is 28.9 Å². The summed E-state index contributed by atoms with van der Waals surface area (Å²) in [6, 6.07) is 20.1. The van der Waals surface area contributed by atoms with E-state index in [0.29, 0.717) is 33.0 Å². The summed E-state index contributed by atoms with van der Waals surface area (Å²) in [5, 5.41) is 8.98. The molecule has 3 aromatic carbocycles. The Morgan fingerprint density at radius 2 is 1.70 bits per heavy atom. The normalized spacial score (nSPS) is 15.1. The van der Waals surface area contributed by atoms with Gasteiger partial charge in [-0.05, 0) is 59.7 Å². The number of nitrogens with zero attached hydrogens (tertiary/aromatic N) is 2. The molecule has 0 spiro atoms. The average molecular weight is 499 g/mol. The van der Waals surface area contributed by atoms with Crippen molar-refractivity contribution in [3.63, 3.8) is 0 Å². The third kappa shape index (κ3) is 3.97. The van der Waals surface area contributed by atoms with Crippen LogP contribution in [0, 0.1) is 0 Å². The van der Waals surface area contributed by atoms with Crippen LogP contribution in [0.25, 0.3) is 11.3 Å². The van der Waals surface area contributed by atoms with E-state index in [2.05, 4.69) is 10.2 Å². The van der Waals surface area contributed by atoms with Gasteiger partial charge in [-0.15, -0.1) is 0 Å². The number of rotatable bonds is 5. The Labute approximate surface area is 205 Å². The molecule has 1 atom stereocenters. The van der Waals surface area contributed by atoms with Crippen molar-refractivity contribution in [2.75, 3.05) is 7.11 Å². The number of fused-ring (bicyclic) bond motifs is 1. The molecular formula is C25H18Cl3N3O2. The number of hydrogen-bond acceptors (Lipinski definition) is 3. The van der Waals surface area contributed by atoms with Crippen molar-refractivity contribution in [3.8, 4) is 17.0 Å². The van der Waals surface area contributed by atoms with Crippen LogP contribution < -0.4 is 4.74 Å². The highest BCUT2D eigenvalue weighted by molar-refractivity contribution is 6.42. The van der Waals surface area contributed by atoms with Crippen molar-refractivity contribution in [1.82, 2.24) is 15.1 Å². The zero-order valence-corrected chi connectivity index (χ0v) is 19.7. The van der Waals surface area contributed by atoms with Gasteiger partial charge in [0.25, 0.3) is 5.91 Å². The SMILES string of the molecule is COc1ccc(-c2n[nH]c3c2C(c2ccc(Cl)c(Cl)c2)N(Cc2ccc(Cl)cc2)C3=O)cc1. The van der Waals surface area contributed by atoms with Gasteiger partial charge < -0.3 is 9.64 Å². The summed E-state index contributed by atoms with van der Waals surface area (Å²) in [4.78, 5) is 15.3. The smallest absolute Gasteiger partial charge is 0.273 e. The van der Waals surface area contributed by atoms with Crippen molar-refractivity contribution in [1.29, 1.82) is 0 Å². The molecular weight excluding hydrogens is 481 g/mol. The second-order valence-corrected chi connectivity index (χ2v) is 8.98. The van der Waals surface area contributed by atoms with Crippen molar-refractivity contribution < 1.29 is 9.53 Å². The number of carbonyl (C=O) groups is 1. The molecule has 4 aromatic rings. The highest BCUT2D eigenvalue weighted by atomic mass is 35.5. The van der Waals surface area contributed by atoms with Gasteiger partial charge in [0.2, 0.25) is 0 Å². The Morgan fingerprint density at radius 3 is 2.36 bits per heavy atom. The minimum Gasteiger partial charge on any atom is -0.497 e. The third-order valence-corrected chi connectivity index (χ3v) is 6.74. The fourth-order valence-electron chi connectivity index (χ4n) is 4.14. The van der Waals surface area contributed by atoms with Crippen molar-refractivity contribution in [2.45, 2.75) is 12.6 Å². The molecule has 5 nitrogen and oxygen atoms in total. The minimum atomic E-state index is -0.395. The van der Waals surface area contributed by atoms with E-state index in [1.54, 1.807) is 24.1 Å². The van der Waals surface area contributed by atoms with Crippen LogP contribution >= 0.6 is 34.8 Å². The maximum atomic E-state index is 13.5. The summed E-state index contributed by atoms with van der Waals surface area (Å²) in [5.41, 5.74) is 4.65. The molecule has 1 unspecified atom stereocenters. The first-order valence-corrected chi connectivity index (χ1v) is 11.3. The molecule has 1 aliphatic rings. The maximum absolute atomic E-state index is 13.5. The predicted molar refractivity (Wildman–Crippen MR) is 130 cm³/mol. The van der Waals surface area contributed by atoms with Gasteiger partial charge in [-0.25, -0.2) is 0 Å². The lowest BCUT2D eigenvalue weighted by atomic mass is 9.96. The van der Waals surface area contributed by atoms with E-state index in [1.807, 2.05) is 54.6 Å². The van der Waals surface area contributed by atoms with Crippen molar-refractivity contribution in [2.24, 2.45) is 0 Å². The standard InChI is InChI=1S/C25H18Cl3N3O2/c1-33-18-9-4-15(5-10-18)22-21-23(30-29-22)25(32)31(13-14-2-7-17(26)8-3-14)24(21)16-6-11-19(27)20(28)12-16/h2-12,24H,13H2,1H3,(H,29,30). The molecule has 33 heavy (non-hydrogen) atoms. The Balaban J connectivity index is 1.63. The monoisotopic (exact) mass is 497 g/mol. The van der Waals surface area contributed by atoms with Crippen LogP contribution in [0.3, 0.4) is 0 Å². The van der Waals surface area contributed by atoms with Gasteiger partial charge in [-0.3, -0.25) is 9.89 Å². The molecule has 1 N–H and O–H groups in total. The summed E-state index contributed by atoms with van der Waals surface area (Å²) in [7, 11) is 1.62. The van der Waals surface area contributed by atoms with Crippen LogP contribution in [-0.4, -0.2) is 28.1 Å². The van der Waals surface area contributed by atoms with Crippen LogP contribution in [0.5, 0.6) is 5.75 Å². The van der Waals surface area contributed by atoms with E-state index < -0.39 is 6.04 Å². The van der Waals surface area contributed by atoms with Gasteiger partial charge >= 0.3 is 0 Å². The van der Waals surface area contributed by atoms with Crippen LogP contribution in [0.4, 0.5) is 0 Å². The first kappa shape index (κ1) is 21.8. The summed E-state index contributed by atoms with van der Waals surface area (Å²) < 4.78 is 5.28. The summed E-state index contributed by atoms with van der Waals surface area (Å²) in [6.45, 7) is 0.394. The number of carbonyl (C=O) groups excluding carboxylic acids is 1. The van der Waals surface area contributed by atoms with Crippen LogP contribution in [-0.2, 0) is 6.54 Å². The zero-order chi connectivity index (χ0) is 23.1. The molecule has 1 amide bonds. The molecule has 0 saturated carbocycles. The van der Waals surface area contributed by atoms with Crippen LogP contribution in [0.15, 0.2) is 66.7 Å². The van der Waals surface area contributed by atoms with Crippen molar-refractivity contribution >= 4 is 40.7 Å². The summed E-state index contributed by atoms with van der Waals surface area (Å²) in [5.74, 6) is 0.607. The predicted octanol–water partition coefficient (Wildman–Crippen LogP) is 6.79. The van der Waals surface area contributed by atoms with Crippen LogP contribution in [0.2, 0.25) is 15.1 Å². The molecule has 5 rings (SSSR count). The van der Waals surface area contributed by atoms with E-state index in [4.69, 9.17) is 39.5 Å². The summed E-state index contributed by atoms with van der Waals surface area (Å²) in [6.07, 6.45) is 0. The fraction of sp³-hybridized carbons (Fsp3) is 0.120. The second kappa shape index (κ2) is 8.75. The fourth-order valence-corrected chi connectivity index (χ4v) is 4.58. The van der Waals surface area contributed by atoms with E-state index in [9.17, 15) is 4.79 Å². The lowest BCUT2D eigenvalue weighted by molar-refractivity contribution is 0.0730. The first-order valence-electron chi connectivity index (χ1n) is 10.2. The number of amides is 1. The molecule has 1 aliphatic heterocycles. The molecule has 0 saturated heterocycles. The molecule has 0 radical (unpaired) electrons. The lowest BCUT2D eigenvalue weighted by Crippen LogP contribution is -2.29. The average Bonchev–Trinajstić information content (AvgIpc) is 3.36. The van der Waals surface area contributed by atoms with Gasteiger partial charge in [0, 0.05) is 22.7 Å². The minimum absolute atomic E-state index is 0.136. The number of halogens is 3. The molecule has 2 heterocycles. The molecule has 0 aliphatic carbocycles. The largest absolute Gasteiger partial charge is 0.497 e. The number of benzene rings is 3. The lowest BCUT2D eigenvalue weighted by Gasteiger charge is -2.27. The third-order valence-electron chi connectivity index (χ3n) is 5.75. The molecule has 1 aromatic heterocycles. The molecule has 0 bridgehead atoms. The van der Waals surface area contributed by atoms with E-state index >= 15 is 0 Å². The van der Waals surface area contributed by atoms with E-state index in [-0.39, 0.29) is 5.91 Å². The second-order valence-electron chi connectivity index (χ2n) is 7.72. The van der Waals surface area contributed by atoms with Gasteiger partial charge in [0.15, 0.2) is 0 Å². The molecule has 8 heteroatoms. The number of hydrogen-bond donors (Lipinski definition) is 1. The Morgan fingerprint density at radius 1 is 0.970 bits per heavy atom. The Hall–Kier alpha value is -2.99. The topological polar surface area (TPSA) is 58.2 Å². The molecule has 166 valence electrons. The number of aromatic amines is 1. The Kier molecular flexibility index (Phi) is 5.79. The quantitative estimate of drug-likeness (QED) is 0.329. The maximum Gasteiger partial charge on any atom is 0.273 e. The van der Waals surface area contributed by atoms with Gasteiger partial charge in [-0.2, -0.15) is 5.10 Å². The van der Waals surface area contributed by atoms with E-state index in [0.717, 1.165) is 28.0 Å². The highest BCUT2D eigenvalue weighted by Gasteiger charge is 2.42. The van der Waals surface area contributed by atoms with E-state index in [1.165, 1.54) is 0 Å². The molecule has 0 fully saturated rings. The first-order chi connectivity index (χ1) is 16.0. The number of aromatic nitrogens is 2. The van der Waals surface area contributed by atoms with Crippen LogP contribution in [0.1, 0.15) is 33.2 Å². The van der Waals surface area contributed by atoms with Gasteiger partial charge in [0.1, 0.15) is 11.4 Å². The zero-order valence-electron chi connectivity index (χ0n) is 17.5. The Bertz CT molecular complexity index is 1330. The number of methoxy groups -OCH3 is 1.